The average Bonchev–Trinajstić information content (AvgIpc) is 2.75. The molecule has 0 spiro atoms. The smallest absolute Gasteiger partial charge is 0.224 e. The third kappa shape index (κ3) is 7.92. The fourth-order valence-electron chi connectivity index (χ4n) is 4.80. The first kappa shape index (κ1) is 27.6. The maximum atomic E-state index is 6.76. The summed E-state index contributed by atoms with van der Waals surface area (Å²) in [4.78, 5) is 0. The highest BCUT2D eigenvalue weighted by Gasteiger charge is 2.38. The molecule has 0 aliphatic carbocycles. The molecular formula is C26H50O2Si2. The maximum Gasteiger partial charge on any atom is 0.224 e. The fraction of sp³-hybridized carbons (Fsp3) is 0.769. The number of rotatable bonds is 18. The van der Waals surface area contributed by atoms with Gasteiger partial charge >= 0.3 is 0 Å². The van der Waals surface area contributed by atoms with E-state index < -0.39 is 16.6 Å². The van der Waals surface area contributed by atoms with Gasteiger partial charge in [0, 0.05) is 13.2 Å². The molecule has 0 unspecified atom stereocenters. The van der Waals surface area contributed by atoms with Gasteiger partial charge in [-0.25, -0.2) is 0 Å². The highest BCUT2D eigenvalue weighted by Crippen LogP contribution is 2.25. The van der Waals surface area contributed by atoms with Gasteiger partial charge in [-0.3, -0.25) is 0 Å². The summed E-state index contributed by atoms with van der Waals surface area (Å²) in [5.74, 6) is 0. The molecular weight excluding hydrogens is 400 g/mol. The molecule has 0 radical (unpaired) electrons. The van der Waals surface area contributed by atoms with Crippen LogP contribution >= 0.6 is 0 Å². The van der Waals surface area contributed by atoms with Crippen LogP contribution in [0.15, 0.2) is 24.3 Å². The van der Waals surface area contributed by atoms with Gasteiger partial charge in [-0.15, -0.1) is 0 Å². The van der Waals surface area contributed by atoms with Crippen molar-refractivity contribution in [2.45, 2.75) is 117 Å². The zero-order chi connectivity index (χ0) is 22.3. The van der Waals surface area contributed by atoms with Crippen LogP contribution in [0.5, 0.6) is 0 Å². The topological polar surface area (TPSA) is 18.5 Å². The van der Waals surface area contributed by atoms with Crippen molar-refractivity contribution < 1.29 is 8.85 Å². The summed E-state index contributed by atoms with van der Waals surface area (Å²) < 4.78 is 13.5. The number of unbranched alkanes of at least 4 members (excludes halogenated alkanes) is 2. The van der Waals surface area contributed by atoms with Crippen LogP contribution in [-0.4, -0.2) is 29.8 Å². The first-order valence-electron chi connectivity index (χ1n) is 13.0. The lowest BCUT2D eigenvalue weighted by Crippen LogP contribution is -2.54. The molecule has 0 amide bonds. The van der Waals surface area contributed by atoms with Crippen LogP contribution in [0.1, 0.15) is 92.9 Å². The molecule has 0 heterocycles. The average molecular weight is 451 g/mol. The maximum absolute atomic E-state index is 6.76. The summed E-state index contributed by atoms with van der Waals surface area (Å²) >= 11 is 0. The second kappa shape index (κ2) is 15.4. The van der Waals surface area contributed by atoms with Gasteiger partial charge in [0.25, 0.3) is 0 Å². The Labute approximate surface area is 190 Å². The molecule has 0 saturated carbocycles. The van der Waals surface area contributed by atoms with Crippen molar-refractivity contribution in [3.05, 3.63) is 24.3 Å². The van der Waals surface area contributed by atoms with Crippen LogP contribution in [-0.2, 0) is 8.85 Å². The molecule has 1 aromatic carbocycles. The van der Waals surface area contributed by atoms with E-state index in [2.05, 4.69) is 65.8 Å². The van der Waals surface area contributed by atoms with E-state index in [0.29, 0.717) is 0 Å². The molecule has 0 N–H and O–H groups in total. The van der Waals surface area contributed by atoms with Gasteiger partial charge in [0.1, 0.15) is 0 Å². The molecule has 0 fully saturated rings. The van der Waals surface area contributed by atoms with Crippen molar-refractivity contribution in [1.29, 1.82) is 0 Å². The van der Waals surface area contributed by atoms with E-state index in [0.717, 1.165) is 13.2 Å². The zero-order valence-corrected chi connectivity index (χ0v) is 23.0. The van der Waals surface area contributed by atoms with Crippen molar-refractivity contribution in [1.82, 2.24) is 0 Å². The Hall–Kier alpha value is -0.426. The van der Waals surface area contributed by atoms with Crippen LogP contribution in [0.4, 0.5) is 0 Å². The molecule has 0 bridgehead atoms. The van der Waals surface area contributed by atoms with E-state index in [1.54, 1.807) is 0 Å². The van der Waals surface area contributed by atoms with Crippen LogP contribution < -0.4 is 10.4 Å². The summed E-state index contributed by atoms with van der Waals surface area (Å²) in [7, 11) is -3.77. The monoisotopic (exact) mass is 450 g/mol. The highest BCUT2D eigenvalue weighted by atomic mass is 28.4. The molecule has 1 rings (SSSR count). The Morgan fingerprint density at radius 2 is 0.800 bits per heavy atom. The zero-order valence-electron chi connectivity index (χ0n) is 21.0. The lowest BCUT2D eigenvalue weighted by molar-refractivity contribution is 0.297. The Morgan fingerprint density at radius 1 is 0.500 bits per heavy atom. The normalized spacial score (nSPS) is 12.5. The van der Waals surface area contributed by atoms with E-state index in [-0.39, 0.29) is 0 Å². The van der Waals surface area contributed by atoms with E-state index in [4.69, 9.17) is 8.85 Å². The molecule has 0 aliphatic rings. The van der Waals surface area contributed by atoms with E-state index in [1.807, 2.05) is 0 Å². The first-order chi connectivity index (χ1) is 14.6. The largest absolute Gasteiger partial charge is 0.412 e. The standard InChI is InChI=1S/C26H50O2Si2/c1-7-13-19-27-29(21-9-3,22-10-4)25-15-17-26(18-16-25)30(23-11-5,24-12-6)28-20-14-8-2/h15-18H,7-14,19-24H2,1-6H3. The van der Waals surface area contributed by atoms with Crippen molar-refractivity contribution >= 4 is 27.0 Å². The van der Waals surface area contributed by atoms with Gasteiger partial charge in [-0.2, -0.15) is 0 Å². The Bertz CT molecular complexity index is 483. The molecule has 0 aliphatic heterocycles. The number of hydrogen-bond donors (Lipinski definition) is 0. The third-order valence-corrected chi connectivity index (χ3v) is 15.8. The number of hydrogen-bond acceptors (Lipinski definition) is 2. The van der Waals surface area contributed by atoms with Crippen LogP contribution in [0.2, 0.25) is 24.2 Å². The molecule has 0 saturated heterocycles. The minimum atomic E-state index is -1.88. The molecule has 0 atom stereocenters. The lowest BCUT2D eigenvalue weighted by atomic mass is 10.4. The summed E-state index contributed by atoms with van der Waals surface area (Å²) in [6.45, 7) is 15.6. The van der Waals surface area contributed by atoms with Gasteiger partial charge in [0.15, 0.2) is 0 Å². The van der Waals surface area contributed by atoms with Gasteiger partial charge < -0.3 is 8.85 Å². The quantitative estimate of drug-likeness (QED) is 0.173. The second-order valence-corrected chi connectivity index (χ2v) is 16.7. The second-order valence-electron chi connectivity index (χ2n) is 8.97. The minimum absolute atomic E-state index is 0.926. The Balaban J connectivity index is 3.24. The molecule has 0 aromatic heterocycles. The van der Waals surface area contributed by atoms with Crippen LogP contribution in [0.25, 0.3) is 0 Å². The number of benzene rings is 1. The van der Waals surface area contributed by atoms with E-state index >= 15 is 0 Å². The third-order valence-electron chi connectivity index (χ3n) is 6.30. The SMILES string of the molecule is CCCCO[Si](CCC)(CCC)c1ccc([Si](CCC)(CCC)OCCCC)cc1. The predicted molar refractivity (Wildman–Crippen MR) is 139 cm³/mol. The van der Waals surface area contributed by atoms with Crippen molar-refractivity contribution in [2.24, 2.45) is 0 Å². The molecule has 174 valence electrons. The van der Waals surface area contributed by atoms with E-state index in [9.17, 15) is 0 Å². The predicted octanol–water partition coefficient (Wildman–Crippen LogP) is 7.27. The van der Waals surface area contributed by atoms with Crippen LogP contribution in [0.3, 0.4) is 0 Å². The van der Waals surface area contributed by atoms with Crippen LogP contribution in [0, 0.1) is 0 Å². The Kier molecular flexibility index (Phi) is 14.2. The van der Waals surface area contributed by atoms with Crippen molar-refractivity contribution in [3.8, 4) is 0 Å². The van der Waals surface area contributed by atoms with Crippen molar-refractivity contribution in [3.63, 3.8) is 0 Å². The molecule has 4 heteroatoms. The molecule has 30 heavy (non-hydrogen) atoms. The van der Waals surface area contributed by atoms with Gasteiger partial charge in [-0.05, 0) is 47.4 Å². The summed E-state index contributed by atoms with van der Waals surface area (Å²) in [6.07, 6.45) is 9.62. The van der Waals surface area contributed by atoms with Gasteiger partial charge in [0.2, 0.25) is 16.6 Å². The summed E-state index contributed by atoms with van der Waals surface area (Å²) in [5, 5.41) is 3.02. The van der Waals surface area contributed by atoms with Gasteiger partial charge in [0.05, 0.1) is 0 Å². The summed E-state index contributed by atoms with van der Waals surface area (Å²) in [6, 6.07) is 14.7. The highest BCUT2D eigenvalue weighted by molar-refractivity contribution is 6.88. The first-order valence-corrected chi connectivity index (χ1v) is 17.6. The van der Waals surface area contributed by atoms with E-state index in [1.165, 1.54) is 85.9 Å². The fourth-order valence-corrected chi connectivity index (χ4v) is 13.2. The minimum Gasteiger partial charge on any atom is -0.412 e. The van der Waals surface area contributed by atoms with Gasteiger partial charge in [-0.1, -0.05) is 104 Å². The lowest BCUT2D eigenvalue weighted by Gasteiger charge is -2.34. The molecule has 2 nitrogen and oxygen atoms in total. The summed E-state index contributed by atoms with van der Waals surface area (Å²) in [5.41, 5.74) is 0. The van der Waals surface area contributed by atoms with Crippen molar-refractivity contribution in [2.75, 3.05) is 13.2 Å². The Morgan fingerprint density at radius 3 is 1.03 bits per heavy atom. The molecule has 1 aromatic rings.